The highest BCUT2D eigenvalue weighted by atomic mass is 127. The number of halogens is 1. The Bertz CT molecular complexity index is 822. The van der Waals surface area contributed by atoms with E-state index in [0.717, 1.165) is 9.16 Å². The van der Waals surface area contributed by atoms with Crippen LogP contribution in [0.4, 0.5) is 0 Å². The monoisotopic (exact) mass is 423 g/mol. The lowest BCUT2D eigenvalue weighted by atomic mass is 10.3. The molecular weight excluding hydrogens is 407 g/mol. The van der Waals surface area contributed by atoms with E-state index >= 15 is 0 Å². The van der Waals surface area contributed by atoms with Gasteiger partial charge >= 0.3 is 5.69 Å². The molecule has 0 saturated carbocycles. The molecule has 0 bridgehead atoms. The van der Waals surface area contributed by atoms with Crippen molar-refractivity contribution in [3.05, 3.63) is 95.1 Å². The standard InChI is InChI=1S/C16H16N4O2.HI/c21-19-14-16(12-18-9-5-2-6-10-18)20(22)13-15(19)11-17-7-3-1-4-8-17;/h1-10,13-14H,11-12H2;1H/q+2;/p-1. The van der Waals surface area contributed by atoms with Crippen LogP contribution in [0.3, 0.4) is 0 Å². The summed E-state index contributed by atoms with van der Waals surface area (Å²) in [4.78, 5) is 12.1. The molecule has 0 fully saturated rings. The Balaban J connectivity index is 0.00000192. The number of hydrogen-bond acceptors (Lipinski definition) is 2. The van der Waals surface area contributed by atoms with Crippen molar-refractivity contribution in [3.63, 3.8) is 0 Å². The lowest BCUT2D eigenvalue weighted by Gasteiger charge is -2.11. The molecular formula is C16H16IN4O2+. The van der Waals surface area contributed by atoms with Crippen LogP contribution in [0.25, 0.3) is 0 Å². The molecule has 118 valence electrons. The summed E-state index contributed by atoms with van der Waals surface area (Å²) >= 11 is 0. The Kier molecular flexibility index (Phi) is 5.80. The van der Waals surface area contributed by atoms with E-state index in [-0.39, 0.29) is 24.0 Å². The van der Waals surface area contributed by atoms with E-state index in [9.17, 15) is 10.1 Å². The number of rotatable bonds is 4. The first-order valence-electron chi connectivity index (χ1n) is 6.95. The van der Waals surface area contributed by atoms with Gasteiger partial charge in [-0.05, 0) is 0 Å². The van der Waals surface area contributed by atoms with Gasteiger partial charge in [0.2, 0.25) is 6.54 Å². The lowest BCUT2D eigenvalue weighted by molar-refractivity contribution is -0.705. The molecule has 0 unspecified atom stereocenters. The minimum atomic E-state index is 0. The molecule has 0 radical (unpaired) electrons. The predicted octanol–water partition coefficient (Wildman–Crippen LogP) is -2.58. The molecule has 0 aliphatic rings. The zero-order valence-corrected chi connectivity index (χ0v) is 14.5. The number of nitrogens with zero attached hydrogens (tertiary/aromatic N) is 4. The van der Waals surface area contributed by atoms with Gasteiger partial charge in [0.15, 0.2) is 31.3 Å². The van der Waals surface area contributed by atoms with E-state index in [2.05, 4.69) is 0 Å². The maximum Gasteiger partial charge on any atom is 0.319 e. The molecule has 0 aliphatic carbocycles. The van der Waals surface area contributed by atoms with Crippen LogP contribution >= 0.6 is 0 Å². The summed E-state index contributed by atoms with van der Waals surface area (Å²) in [6.45, 7) is 0.705. The highest BCUT2D eigenvalue weighted by molar-refractivity contribution is 5.00. The third-order valence-corrected chi connectivity index (χ3v) is 3.34. The van der Waals surface area contributed by atoms with E-state index < -0.39 is 0 Å². The fourth-order valence-electron chi connectivity index (χ4n) is 2.22. The zero-order valence-electron chi connectivity index (χ0n) is 12.3. The lowest BCUT2D eigenvalue weighted by Crippen LogP contribution is -3.00. The van der Waals surface area contributed by atoms with Crippen molar-refractivity contribution >= 4 is 0 Å². The Hall–Kier alpha value is -2.29. The molecule has 3 rings (SSSR count). The molecule has 0 aliphatic heterocycles. The van der Waals surface area contributed by atoms with Crippen molar-refractivity contribution in [2.45, 2.75) is 13.1 Å². The van der Waals surface area contributed by atoms with Gasteiger partial charge < -0.3 is 33.9 Å². The first-order valence-corrected chi connectivity index (χ1v) is 6.95. The first kappa shape index (κ1) is 17.1. The van der Waals surface area contributed by atoms with Crippen LogP contribution in [0.1, 0.15) is 11.4 Å². The second-order valence-corrected chi connectivity index (χ2v) is 4.99. The molecule has 0 spiro atoms. The summed E-state index contributed by atoms with van der Waals surface area (Å²) < 4.78 is 5.20. The SMILES string of the molecule is O=[n+]1cc(C[n+]2ccccc2)n([O-])cc1C[n+]1ccccc1.[I-]. The van der Waals surface area contributed by atoms with Gasteiger partial charge in [0.05, 0.1) is 10.6 Å². The molecule has 0 N–H and O–H groups in total. The van der Waals surface area contributed by atoms with Gasteiger partial charge in [-0.3, -0.25) is 0 Å². The van der Waals surface area contributed by atoms with Crippen molar-refractivity contribution in [1.29, 1.82) is 0 Å². The highest BCUT2D eigenvalue weighted by Crippen LogP contribution is 1.98. The van der Waals surface area contributed by atoms with Gasteiger partial charge in [0, 0.05) is 29.2 Å². The summed E-state index contributed by atoms with van der Waals surface area (Å²) in [5.74, 6) is 0. The summed E-state index contributed by atoms with van der Waals surface area (Å²) in [7, 11) is 0. The molecule has 7 heteroatoms. The Morgan fingerprint density at radius 3 is 1.96 bits per heavy atom. The third-order valence-electron chi connectivity index (χ3n) is 3.34. The van der Waals surface area contributed by atoms with E-state index in [1.54, 1.807) is 0 Å². The molecule has 3 heterocycles. The quantitative estimate of drug-likeness (QED) is 0.342. The normalized spacial score (nSPS) is 10.1. The average molecular weight is 423 g/mol. The van der Waals surface area contributed by atoms with Crippen LogP contribution in [-0.2, 0) is 13.1 Å². The van der Waals surface area contributed by atoms with Gasteiger partial charge in [-0.1, -0.05) is 12.1 Å². The fraction of sp³-hybridized carbons (Fsp3) is 0.125. The fourth-order valence-corrected chi connectivity index (χ4v) is 2.22. The van der Waals surface area contributed by atoms with E-state index in [1.807, 2.05) is 70.3 Å². The van der Waals surface area contributed by atoms with Gasteiger partial charge in [-0.2, -0.15) is 9.13 Å². The van der Waals surface area contributed by atoms with Crippen molar-refractivity contribution < 1.29 is 37.5 Å². The van der Waals surface area contributed by atoms with Gasteiger partial charge in [0.1, 0.15) is 5.69 Å². The van der Waals surface area contributed by atoms with Crippen LogP contribution < -0.4 is 37.5 Å². The molecule has 0 atom stereocenters. The van der Waals surface area contributed by atoms with Gasteiger partial charge in [-0.25, -0.2) is 0 Å². The molecule has 0 amide bonds. The molecule has 0 saturated heterocycles. The van der Waals surface area contributed by atoms with Crippen LogP contribution in [-0.4, -0.2) is 4.73 Å². The van der Waals surface area contributed by atoms with Gasteiger partial charge in [-0.15, -0.1) is 0 Å². The van der Waals surface area contributed by atoms with Crippen molar-refractivity contribution in [2.75, 3.05) is 0 Å². The number of hydrogen-bond donors (Lipinski definition) is 0. The molecule has 3 aromatic heterocycles. The Morgan fingerprint density at radius 1 is 0.870 bits per heavy atom. The van der Waals surface area contributed by atoms with Gasteiger partial charge in [0.25, 0.3) is 6.20 Å². The average Bonchev–Trinajstić information content (AvgIpc) is 2.54. The largest absolute Gasteiger partial charge is 1.00 e. The highest BCUT2D eigenvalue weighted by Gasteiger charge is 2.17. The molecule has 3 aromatic rings. The van der Waals surface area contributed by atoms with Crippen molar-refractivity contribution in [1.82, 2.24) is 4.73 Å². The van der Waals surface area contributed by atoms with Crippen LogP contribution in [0.15, 0.2) is 73.6 Å². The molecule has 0 aromatic carbocycles. The van der Waals surface area contributed by atoms with Crippen LogP contribution in [0.2, 0.25) is 0 Å². The number of pyridine rings is 2. The van der Waals surface area contributed by atoms with Crippen molar-refractivity contribution in [3.8, 4) is 0 Å². The van der Waals surface area contributed by atoms with Crippen LogP contribution in [0, 0.1) is 10.1 Å². The smallest absolute Gasteiger partial charge is 0.319 e. The maximum atomic E-state index is 12.1. The zero-order chi connectivity index (χ0) is 15.4. The Labute approximate surface area is 150 Å². The summed E-state index contributed by atoms with van der Waals surface area (Å²) in [6.07, 6.45) is 10.1. The van der Waals surface area contributed by atoms with E-state index in [1.165, 1.54) is 12.4 Å². The summed E-state index contributed by atoms with van der Waals surface area (Å²) in [5, 5.41) is 12.1. The summed E-state index contributed by atoms with van der Waals surface area (Å²) in [5.41, 5.74) is 0.793. The van der Waals surface area contributed by atoms with E-state index in [4.69, 9.17) is 0 Å². The van der Waals surface area contributed by atoms with E-state index in [0.29, 0.717) is 24.5 Å². The second-order valence-electron chi connectivity index (χ2n) is 4.99. The topological polar surface area (TPSA) is 58.7 Å². The third kappa shape index (κ3) is 4.35. The second kappa shape index (κ2) is 7.82. The van der Waals surface area contributed by atoms with Crippen LogP contribution in [0.5, 0.6) is 0 Å². The molecule has 23 heavy (non-hydrogen) atoms. The Morgan fingerprint density at radius 2 is 1.39 bits per heavy atom. The predicted molar refractivity (Wildman–Crippen MR) is 78.0 cm³/mol. The minimum absolute atomic E-state index is 0. The minimum Gasteiger partial charge on any atom is -1.00 e. The molecule has 6 nitrogen and oxygen atoms in total. The first-order chi connectivity index (χ1) is 10.7. The summed E-state index contributed by atoms with van der Waals surface area (Å²) in [6, 6.07) is 11.3. The maximum absolute atomic E-state index is 12.1. The number of aromatic nitrogens is 4. The van der Waals surface area contributed by atoms with Crippen molar-refractivity contribution in [2.24, 2.45) is 0 Å².